The van der Waals surface area contributed by atoms with E-state index in [4.69, 9.17) is 5.73 Å². The molecule has 0 aromatic rings. The SMILES string of the molecule is Cl.N[C@H]1C[C@@H]2C=CC[C@H](C1)C2. The quantitative estimate of drug-likeness (QED) is 0.558. The molecule has 2 N–H and O–H groups in total. The summed E-state index contributed by atoms with van der Waals surface area (Å²) in [6.07, 6.45) is 9.88. The summed E-state index contributed by atoms with van der Waals surface area (Å²) in [5, 5.41) is 0. The number of hydrogen-bond acceptors (Lipinski definition) is 1. The topological polar surface area (TPSA) is 26.0 Å². The predicted molar refractivity (Wildman–Crippen MR) is 49.8 cm³/mol. The average Bonchev–Trinajstić information content (AvgIpc) is 1.85. The fourth-order valence-electron chi connectivity index (χ4n) is 2.35. The van der Waals surface area contributed by atoms with Crippen molar-refractivity contribution in [1.82, 2.24) is 0 Å². The van der Waals surface area contributed by atoms with E-state index in [1.54, 1.807) is 0 Å². The van der Waals surface area contributed by atoms with Crippen molar-refractivity contribution in [2.24, 2.45) is 17.6 Å². The molecule has 2 aliphatic carbocycles. The molecule has 0 aromatic carbocycles. The third kappa shape index (κ3) is 1.97. The summed E-state index contributed by atoms with van der Waals surface area (Å²) in [6, 6.07) is 0.494. The van der Waals surface area contributed by atoms with Crippen molar-refractivity contribution in [2.45, 2.75) is 31.7 Å². The van der Waals surface area contributed by atoms with Crippen LogP contribution in [-0.4, -0.2) is 6.04 Å². The average molecular weight is 174 g/mol. The number of fused-ring (bicyclic) bond motifs is 2. The van der Waals surface area contributed by atoms with Gasteiger partial charge in [0.05, 0.1) is 0 Å². The van der Waals surface area contributed by atoms with E-state index in [1.165, 1.54) is 25.7 Å². The molecule has 2 aliphatic rings. The Balaban J connectivity index is 0.000000605. The molecular formula is C9H16ClN. The first-order chi connectivity index (χ1) is 4.84. The molecule has 11 heavy (non-hydrogen) atoms. The first-order valence-electron chi connectivity index (χ1n) is 4.27. The summed E-state index contributed by atoms with van der Waals surface area (Å²) in [4.78, 5) is 0. The van der Waals surface area contributed by atoms with Gasteiger partial charge >= 0.3 is 0 Å². The maximum absolute atomic E-state index is 5.89. The number of rotatable bonds is 0. The van der Waals surface area contributed by atoms with Crippen LogP contribution in [0.2, 0.25) is 0 Å². The van der Waals surface area contributed by atoms with E-state index in [0.29, 0.717) is 6.04 Å². The van der Waals surface area contributed by atoms with E-state index < -0.39 is 0 Å². The van der Waals surface area contributed by atoms with Crippen LogP contribution in [0.5, 0.6) is 0 Å². The van der Waals surface area contributed by atoms with E-state index in [0.717, 1.165) is 11.8 Å². The van der Waals surface area contributed by atoms with Crippen LogP contribution in [-0.2, 0) is 0 Å². The van der Waals surface area contributed by atoms with Gasteiger partial charge in [0, 0.05) is 6.04 Å². The lowest BCUT2D eigenvalue weighted by Crippen LogP contribution is -2.33. The zero-order chi connectivity index (χ0) is 6.97. The minimum absolute atomic E-state index is 0. The third-order valence-electron chi connectivity index (χ3n) is 2.76. The van der Waals surface area contributed by atoms with Crippen LogP contribution < -0.4 is 5.73 Å². The highest BCUT2D eigenvalue weighted by Crippen LogP contribution is 2.34. The molecular weight excluding hydrogens is 158 g/mol. The van der Waals surface area contributed by atoms with Gasteiger partial charge in [0.15, 0.2) is 0 Å². The Labute approximate surface area is 74.5 Å². The molecule has 2 bridgehead atoms. The van der Waals surface area contributed by atoms with Gasteiger partial charge < -0.3 is 5.73 Å². The van der Waals surface area contributed by atoms with Gasteiger partial charge in [-0.25, -0.2) is 0 Å². The van der Waals surface area contributed by atoms with Crippen LogP contribution >= 0.6 is 12.4 Å². The molecule has 64 valence electrons. The van der Waals surface area contributed by atoms with Crippen LogP contribution in [0.1, 0.15) is 25.7 Å². The maximum atomic E-state index is 5.89. The van der Waals surface area contributed by atoms with Gasteiger partial charge in [-0.2, -0.15) is 0 Å². The lowest BCUT2D eigenvalue weighted by molar-refractivity contribution is 0.262. The maximum Gasteiger partial charge on any atom is 0.00471 e. The lowest BCUT2D eigenvalue weighted by Gasteiger charge is -2.34. The van der Waals surface area contributed by atoms with Gasteiger partial charge in [0.1, 0.15) is 0 Å². The number of nitrogens with two attached hydrogens (primary N) is 1. The molecule has 1 fully saturated rings. The Hall–Kier alpha value is -0.0100. The standard InChI is InChI=1S/C9H15N.ClH/c10-9-5-7-2-1-3-8(4-7)6-9;/h1-2,7-9H,3-6,10H2;1H/t7-,8+,9+;/m1./s1. The van der Waals surface area contributed by atoms with Crippen molar-refractivity contribution in [3.05, 3.63) is 12.2 Å². The second-order valence-corrected chi connectivity index (χ2v) is 3.76. The molecule has 0 aromatic heterocycles. The molecule has 0 amide bonds. The molecule has 0 saturated heterocycles. The lowest BCUT2D eigenvalue weighted by atomic mass is 9.74. The highest BCUT2D eigenvalue weighted by molar-refractivity contribution is 5.85. The smallest absolute Gasteiger partial charge is 0.00471 e. The Morgan fingerprint density at radius 3 is 2.73 bits per heavy atom. The summed E-state index contributed by atoms with van der Waals surface area (Å²) < 4.78 is 0. The second-order valence-electron chi connectivity index (χ2n) is 3.76. The Morgan fingerprint density at radius 2 is 2.00 bits per heavy atom. The minimum atomic E-state index is 0. The van der Waals surface area contributed by atoms with Crippen molar-refractivity contribution >= 4 is 12.4 Å². The van der Waals surface area contributed by atoms with Gasteiger partial charge in [-0.3, -0.25) is 0 Å². The van der Waals surface area contributed by atoms with Crippen molar-refractivity contribution in [3.63, 3.8) is 0 Å². The minimum Gasteiger partial charge on any atom is -0.328 e. The third-order valence-corrected chi connectivity index (χ3v) is 2.76. The second kappa shape index (κ2) is 3.59. The zero-order valence-electron chi connectivity index (χ0n) is 6.70. The van der Waals surface area contributed by atoms with Crippen molar-refractivity contribution < 1.29 is 0 Å². The molecule has 1 nitrogen and oxygen atoms in total. The van der Waals surface area contributed by atoms with E-state index in [-0.39, 0.29) is 12.4 Å². The molecule has 0 unspecified atom stereocenters. The molecule has 0 radical (unpaired) electrons. The summed E-state index contributed by atoms with van der Waals surface area (Å²) in [6.45, 7) is 0. The van der Waals surface area contributed by atoms with Gasteiger partial charge in [-0.15, -0.1) is 12.4 Å². The first-order valence-corrected chi connectivity index (χ1v) is 4.27. The predicted octanol–water partition coefficient (Wildman–Crippen LogP) is 2.11. The molecule has 2 heteroatoms. The van der Waals surface area contributed by atoms with E-state index >= 15 is 0 Å². The van der Waals surface area contributed by atoms with E-state index in [2.05, 4.69) is 12.2 Å². The number of allylic oxidation sites excluding steroid dienone is 2. The van der Waals surface area contributed by atoms with Crippen molar-refractivity contribution in [1.29, 1.82) is 0 Å². The first kappa shape index (κ1) is 9.08. The van der Waals surface area contributed by atoms with Gasteiger partial charge in [0.25, 0.3) is 0 Å². The molecule has 0 spiro atoms. The Morgan fingerprint density at radius 1 is 1.18 bits per heavy atom. The van der Waals surface area contributed by atoms with Crippen molar-refractivity contribution in [2.75, 3.05) is 0 Å². The van der Waals surface area contributed by atoms with E-state index in [1.807, 2.05) is 0 Å². The molecule has 2 rings (SSSR count). The van der Waals surface area contributed by atoms with Crippen LogP contribution in [0.25, 0.3) is 0 Å². The van der Waals surface area contributed by atoms with Crippen molar-refractivity contribution in [3.8, 4) is 0 Å². The fourth-order valence-corrected chi connectivity index (χ4v) is 2.35. The monoisotopic (exact) mass is 173 g/mol. The zero-order valence-corrected chi connectivity index (χ0v) is 7.52. The Bertz CT molecular complexity index is 156. The van der Waals surface area contributed by atoms with Gasteiger partial charge in [-0.1, -0.05) is 12.2 Å². The summed E-state index contributed by atoms with van der Waals surface area (Å²) >= 11 is 0. The van der Waals surface area contributed by atoms with Crippen LogP contribution in [0.15, 0.2) is 12.2 Å². The van der Waals surface area contributed by atoms with E-state index in [9.17, 15) is 0 Å². The summed E-state index contributed by atoms with van der Waals surface area (Å²) in [5.41, 5.74) is 5.89. The number of halogens is 1. The molecule has 0 heterocycles. The largest absolute Gasteiger partial charge is 0.328 e. The number of hydrogen-bond donors (Lipinski definition) is 1. The normalized spacial score (nSPS) is 41.4. The highest BCUT2D eigenvalue weighted by atomic mass is 35.5. The highest BCUT2D eigenvalue weighted by Gasteiger charge is 2.26. The fraction of sp³-hybridized carbons (Fsp3) is 0.778. The van der Waals surface area contributed by atoms with Crippen LogP contribution in [0, 0.1) is 11.8 Å². The van der Waals surface area contributed by atoms with Gasteiger partial charge in [-0.05, 0) is 37.5 Å². The molecule has 3 atom stereocenters. The van der Waals surface area contributed by atoms with Crippen LogP contribution in [0.3, 0.4) is 0 Å². The van der Waals surface area contributed by atoms with Gasteiger partial charge in [0.2, 0.25) is 0 Å². The molecule has 1 saturated carbocycles. The van der Waals surface area contributed by atoms with Crippen LogP contribution in [0.4, 0.5) is 0 Å². The summed E-state index contributed by atoms with van der Waals surface area (Å²) in [5.74, 6) is 1.74. The Kier molecular flexibility index (Phi) is 2.97. The summed E-state index contributed by atoms with van der Waals surface area (Å²) in [7, 11) is 0. The molecule has 0 aliphatic heterocycles.